The quantitative estimate of drug-likeness (QED) is 0.707. The molecular formula is C15H14N2OS. The summed E-state index contributed by atoms with van der Waals surface area (Å²) in [5, 5.41) is 2.06. The zero-order valence-corrected chi connectivity index (χ0v) is 11.2. The molecule has 0 unspecified atom stereocenters. The van der Waals surface area contributed by atoms with Gasteiger partial charge < -0.3 is 9.30 Å². The van der Waals surface area contributed by atoms with Gasteiger partial charge in [-0.2, -0.15) is 0 Å². The fraction of sp³-hybridized carbons (Fsp3) is 0.133. The van der Waals surface area contributed by atoms with Crippen molar-refractivity contribution in [3.05, 3.63) is 60.2 Å². The average Bonchev–Trinajstić information content (AvgIpc) is 3.10. The first-order valence-electron chi connectivity index (χ1n) is 6.16. The highest BCUT2D eigenvalue weighted by atomic mass is 32.1. The maximum atomic E-state index is 5.71. The molecule has 0 amide bonds. The van der Waals surface area contributed by atoms with Crippen molar-refractivity contribution in [3.63, 3.8) is 0 Å². The predicted molar refractivity (Wildman–Crippen MR) is 77.5 cm³/mol. The maximum absolute atomic E-state index is 5.71. The lowest BCUT2D eigenvalue weighted by atomic mass is 10.3. The minimum absolute atomic E-state index is 0.638. The molecule has 0 spiro atoms. The highest BCUT2D eigenvalue weighted by molar-refractivity contribution is 7.13. The van der Waals surface area contributed by atoms with E-state index in [0.717, 1.165) is 18.1 Å². The van der Waals surface area contributed by atoms with Crippen LogP contribution in [-0.2, 0) is 6.54 Å². The van der Waals surface area contributed by atoms with Crippen molar-refractivity contribution in [2.24, 2.45) is 0 Å². The molecule has 0 aliphatic carbocycles. The summed E-state index contributed by atoms with van der Waals surface area (Å²) in [6, 6.07) is 14.0. The molecule has 0 fully saturated rings. The zero-order valence-electron chi connectivity index (χ0n) is 10.4. The third-order valence-corrected chi connectivity index (χ3v) is 3.67. The van der Waals surface area contributed by atoms with E-state index < -0.39 is 0 Å². The number of hydrogen-bond acceptors (Lipinski definition) is 3. The molecule has 96 valence electrons. The molecule has 0 atom stereocenters. The van der Waals surface area contributed by atoms with Crippen LogP contribution in [0.5, 0.6) is 5.75 Å². The maximum Gasteiger partial charge on any atom is 0.150 e. The minimum Gasteiger partial charge on any atom is -0.492 e. The third-order valence-electron chi connectivity index (χ3n) is 2.80. The Morgan fingerprint density at radius 3 is 2.79 bits per heavy atom. The number of nitrogens with zero attached hydrogens (tertiary/aromatic N) is 2. The van der Waals surface area contributed by atoms with Gasteiger partial charge in [0.2, 0.25) is 0 Å². The first kappa shape index (κ1) is 12.0. The molecule has 3 aromatic rings. The molecule has 0 aliphatic heterocycles. The lowest BCUT2D eigenvalue weighted by Gasteiger charge is -2.08. The highest BCUT2D eigenvalue weighted by Crippen LogP contribution is 2.22. The normalized spacial score (nSPS) is 10.5. The van der Waals surface area contributed by atoms with Crippen LogP contribution < -0.4 is 4.74 Å². The number of rotatable bonds is 5. The monoisotopic (exact) mass is 270 g/mol. The second kappa shape index (κ2) is 5.71. The van der Waals surface area contributed by atoms with Crippen LogP contribution in [0, 0.1) is 0 Å². The minimum atomic E-state index is 0.638. The van der Waals surface area contributed by atoms with Gasteiger partial charge in [0.1, 0.15) is 18.2 Å². The fourth-order valence-electron chi connectivity index (χ4n) is 1.90. The smallest absolute Gasteiger partial charge is 0.150 e. The molecule has 0 saturated carbocycles. The van der Waals surface area contributed by atoms with Crippen molar-refractivity contribution >= 4 is 11.3 Å². The lowest BCUT2D eigenvalue weighted by Crippen LogP contribution is -2.08. The van der Waals surface area contributed by atoms with E-state index >= 15 is 0 Å². The number of aromatic nitrogens is 2. The summed E-state index contributed by atoms with van der Waals surface area (Å²) in [5.74, 6) is 1.91. The molecule has 4 heteroatoms. The van der Waals surface area contributed by atoms with Crippen molar-refractivity contribution in [2.45, 2.75) is 6.54 Å². The SMILES string of the molecule is c1ccc(OCCn2ccnc2-c2cccs2)cc1. The summed E-state index contributed by atoms with van der Waals surface area (Å²) in [7, 11) is 0. The largest absolute Gasteiger partial charge is 0.492 e. The molecular weight excluding hydrogens is 256 g/mol. The second-order valence-corrected chi connectivity index (χ2v) is 5.03. The van der Waals surface area contributed by atoms with E-state index in [2.05, 4.69) is 21.0 Å². The topological polar surface area (TPSA) is 27.1 Å². The van der Waals surface area contributed by atoms with Crippen LogP contribution in [0.15, 0.2) is 60.2 Å². The number of benzene rings is 1. The van der Waals surface area contributed by atoms with E-state index in [1.807, 2.05) is 48.8 Å². The molecule has 2 aromatic heterocycles. The number of hydrogen-bond donors (Lipinski definition) is 0. The van der Waals surface area contributed by atoms with Gasteiger partial charge in [-0.25, -0.2) is 4.98 Å². The van der Waals surface area contributed by atoms with E-state index in [-0.39, 0.29) is 0 Å². The number of imidazole rings is 1. The third kappa shape index (κ3) is 2.85. The van der Waals surface area contributed by atoms with Crippen molar-refractivity contribution < 1.29 is 4.74 Å². The Hall–Kier alpha value is -2.07. The Balaban J connectivity index is 1.64. The molecule has 0 aliphatic rings. The fourth-order valence-corrected chi connectivity index (χ4v) is 2.64. The van der Waals surface area contributed by atoms with E-state index in [1.54, 1.807) is 11.3 Å². The number of ether oxygens (including phenoxy) is 1. The highest BCUT2D eigenvalue weighted by Gasteiger charge is 2.06. The average molecular weight is 270 g/mol. The molecule has 19 heavy (non-hydrogen) atoms. The van der Waals surface area contributed by atoms with Crippen molar-refractivity contribution in [1.82, 2.24) is 9.55 Å². The van der Waals surface area contributed by atoms with E-state index in [0.29, 0.717) is 6.61 Å². The Morgan fingerprint density at radius 2 is 2.00 bits per heavy atom. The molecule has 0 radical (unpaired) electrons. The molecule has 0 N–H and O–H groups in total. The lowest BCUT2D eigenvalue weighted by molar-refractivity contribution is 0.299. The van der Waals surface area contributed by atoms with Crippen LogP contribution >= 0.6 is 11.3 Å². The van der Waals surface area contributed by atoms with Gasteiger partial charge in [-0.1, -0.05) is 24.3 Å². The first-order valence-corrected chi connectivity index (χ1v) is 7.04. The van der Waals surface area contributed by atoms with Gasteiger partial charge >= 0.3 is 0 Å². The predicted octanol–water partition coefficient (Wildman–Crippen LogP) is 3.69. The van der Waals surface area contributed by atoms with Crippen molar-refractivity contribution in [2.75, 3.05) is 6.61 Å². The molecule has 2 heterocycles. The van der Waals surface area contributed by atoms with Crippen LogP contribution in [0.3, 0.4) is 0 Å². The summed E-state index contributed by atoms with van der Waals surface area (Å²) in [6.07, 6.45) is 3.82. The van der Waals surface area contributed by atoms with Gasteiger partial charge in [0.05, 0.1) is 11.4 Å². The van der Waals surface area contributed by atoms with Gasteiger partial charge in [-0.15, -0.1) is 11.3 Å². The Bertz CT molecular complexity index is 617. The van der Waals surface area contributed by atoms with Crippen LogP contribution in [0.2, 0.25) is 0 Å². The molecule has 0 saturated heterocycles. The van der Waals surface area contributed by atoms with Gasteiger partial charge in [0.25, 0.3) is 0 Å². The van der Waals surface area contributed by atoms with Crippen molar-refractivity contribution in [1.29, 1.82) is 0 Å². The van der Waals surface area contributed by atoms with Gasteiger partial charge in [-0.05, 0) is 23.6 Å². The Kier molecular flexibility index (Phi) is 3.61. The Labute approximate surface area is 116 Å². The van der Waals surface area contributed by atoms with Gasteiger partial charge in [0, 0.05) is 12.4 Å². The second-order valence-electron chi connectivity index (χ2n) is 4.08. The first-order chi connectivity index (χ1) is 9.43. The molecule has 3 rings (SSSR count). The van der Waals surface area contributed by atoms with E-state index in [4.69, 9.17) is 4.74 Å². The molecule has 0 bridgehead atoms. The van der Waals surface area contributed by atoms with Crippen LogP contribution in [0.25, 0.3) is 10.7 Å². The summed E-state index contributed by atoms with van der Waals surface area (Å²) in [4.78, 5) is 5.59. The Morgan fingerprint density at radius 1 is 1.11 bits per heavy atom. The van der Waals surface area contributed by atoms with E-state index in [1.165, 1.54) is 4.88 Å². The van der Waals surface area contributed by atoms with Crippen LogP contribution in [0.4, 0.5) is 0 Å². The van der Waals surface area contributed by atoms with Crippen LogP contribution in [0.1, 0.15) is 0 Å². The molecule has 1 aromatic carbocycles. The van der Waals surface area contributed by atoms with Gasteiger partial charge in [0.15, 0.2) is 0 Å². The standard InChI is InChI=1S/C15H14N2OS/c1-2-5-13(6-3-1)18-11-10-17-9-8-16-15(17)14-7-4-12-19-14/h1-9,12H,10-11H2. The summed E-state index contributed by atoms with van der Waals surface area (Å²) in [6.45, 7) is 1.43. The summed E-state index contributed by atoms with van der Waals surface area (Å²) < 4.78 is 7.83. The zero-order chi connectivity index (χ0) is 12.9. The van der Waals surface area contributed by atoms with E-state index in [9.17, 15) is 0 Å². The summed E-state index contributed by atoms with van der Waals surface area (Å²) in [5.41, 5.74) is 0. The molecule has 3 nitrogen and oxygen atoms in total. The van der Waals surface area contributed by atoms with Crippen LogP contribution in [-0.4, -0.2) is 16.2 Å². The number of thiophene rings is 1. The number of para-hydroxylation sites is 1. The summed E-state index contributed by atoms with van der Waals surface area (Å²) >= 11 is 1.70. The van der Waals surface area contributed by atoms with Crippen molar-refractivity contribution in [3.8, 4) is 16.5 Å². The van der Waals surface area contributed by atoms with Gasteiger partial charge in [-0.3, -0.25) is 0 Å².